The van der Waals surface area contributed by atoms with E-state index in [1.54, 1.807) is 6.92 Å². The molecule has 3 aliphatic heterocycles. The van der Waals surface area contributed by atoms with Gasteiger partial charge in [0.05, 0.1) is 11.7 Å². The van der Waals surface area contributed by atoms with Crippen LogP contribution in [0.4, 0.5) is 10.5 Å². The Morgan fingerprint density at radius 2 is 1.67 bits per heavy atom. The van der Waals surface area contributed by atoms with Crippen LogP contribution in [0.15, 0.2) is 54.6 Å². The topological polar surface area (TPSA) is 52.7 Å². The summed E-state index contributed by atoms with van der Waals surface area (Å²) < 4.78 is 0. The zero-order valence-electron chi connectivity index (χ0n) is 15.6. The first-order valence-electron chi connectivity index (χ1n) is 9.59. The molecule has 5 heteroatoms. The van der Waals surface area contributed by atoms with Crippen molar-refractivity contribution in [2.75, 3.05) is 25.0 Å². The normalized spacial score (nSPS) is 21.7. The van der Waals surface area contributed by atoms with E-state index in [0.717, 1.165) is 36.2 Å². The highest BCUT2D eigenvalue weighted by molar-refractivity contribution is 5.94. The van der Waals surface area contributed by atoms with E-state index in [-0.39, 0.29) is 18.0 Å². The molecule has 3 fully saturated rings. The third-order valence-electron chi connectivity index (χ3n) is 5.67. The third kappa shape index (κ3) is 3.68. The number of hydrogen-bond acceptors (Lipinski definition) is 2. The van der Waals surface area contributed by atoms with E-state index < -0.39 is 0 Å². The van der Waals surface area contributed by atoms with Gasteiger partial charge in [0.15, 0.2) is 0 Å². The molecule has 0 radical (unpaired) electrons. The molecule has 3 aliphatic rings. The van der Waals surface area contributed by atoms with Gasteiger partial charge in [0.1, 0.15) is 0 Å². The molecule has 140 valence electrons. The number of nitrogens with zero attached hydrogens (tertiary/aromatic N) is 2. The van der Waals surface area contributed by atoms with Gasteiger partial charge < -0.3 is 15.1 Å². The van der Waals surface area contributed by atoms with Crippen LogP contribution in [0.25, 0.3) is 11.1 Å². The first-order valence-corrected chi connectivity index (χ1v) is 9.59. The SMILES string of the molecule is CC(=O)N1C[C@H]2CC[C@@H](C1)N(C(=O)Nc1ccccc1-c1ccccc1)C2. The maximum absolute atomic E-state index is 13.1. The number of nitrogens with one attached hydrogen (secondary N) is 1. The van der Waals surface area contributed by atoms with Crippen molar-refractivity contribution in [1.82, 2.24) is 9.80 Å². The Labute approximate surface area is 160 Å². The average molecular weight is 363 g/mol. The van der Waals surface area contributed by atoms with Gasteiger partial charge in [-0.1, -0.05) is 48.5 Å². The average Bonchev–Trinajstić information content (AvgIpc) is 3.01. The van der Waals surface area contributed by atoms with Crippen molar-refractivity contribution >= 4 is 17.6 Å². The van der Waals surface area contributed by atoms with Crippen LogP contribution in [0, 0.1) is 5.92 Å². The number of fused-ring (bicyclic) bond motifs is 4. The van der Waals surface area contributed by atoms with Gasteiger partial charge in [-0.2, -0.15) is 0 Å². The van der Waals surface area contributed by atoms with Crippen molar-refractivity contribution < 1.29 is 9.59 Å². The second kappa shape index (κ2) is 7.43. The van der Waals surface area contributed by atoms with E-state index >= 15 is 0 Å². The van der Waals surface area contributed by atoms with Gasteiger partial charge in [-0.3, -0.25) is 4.79 Å². The van der Waals surface area contributed by atoms with Crippen molar-refractivity contribution in [3.05, 3.63) is 54.6 Å². The molecule has 2 aromatic carbocycles. The molecule has 2 bridgehead atoms. The highest BCUT2D eigenvalue weighted by Gasteiger charge is 2.38. The lowest BCUT2D eigenvalue weighted by Crippen LogP contribution is -2.49. The van der Waals surface area contributed by atoms with E-state index in [4.69, 9.17) is 0 Å². The maximum atomic E-state index is 13.1. The van der Waals surface area contributed by atoms with E-state index in [1.807, 2.05) is 64.4 Å². The summed E-state index contributed by atoms with van der Waals surface area (Å²) in [6.45, 7) is 3.73. The van der Waals surface area contributed by atoms with Gasteiger partial charge >= 0.3 is 6.03 Å². The molecular weight excluding hydrogens is 338 g/mol. The Morgan fingerprint density at radius 1 is 0.926 bits per heavy atom. The number of anilines is 1. The molecule has 3 heterocycles. The van der Waals surface area contributed by atoms with Gasteiger partial charge in [-0.15, -0.1) is 0 Å². The maximum Gasteiger partial charge on any atom is 0.322 e. The lowest BCUT2D eigenvalue weighted by atomic mass is 9.95. The molecule has 0 aliphatic carbocycles. The summed E-state index contributed by atoms with van der Waals surface area (Å²) in [6, 6.07) is 18.0. The molecule has 0 aromatic heterocycles. The quantitative estimate of drug-likeness (QED) is 0.882. The Hall–Kier alpha value is -2.82. The van der Waals surface area contributed by atoms with Crippen LogP contribution in [0.5, 0.6) is 0 Å². The molecule has 3 saturated heterocycles. The fourth-order valence-electron chi connectivity index (χ4n) is 4.24. The lowest BCUT2D eigenvalue weighted by Gasteiger charge is -2.36. The predicted molar refractivity (Wildman–Crippen MR) is 106 cm³/mol. The van der Waals surface area contributed by atoms with Crippen LogP contribution in [0.1, 0.15) is 19.8 Å². The number of urea groups is 1. The van der Waals surface area contributed by atoms with Crippen molar-refractivity contribution in [2.45, 2.75) is 25.8 Å². The Morgan fingerprint density at radius 3 is 2.44 bits per heavy atom. The van der Waals surface area contributed by atoms with Crippen molar-refractivity contribution in [1.29, 1.82) is 0 Å². The van der Waals surface area contributed by atoms with Crippen molar-refractivity contribution in [2.24, 2.45) is 5.92 Å². The van der Waals surface area contributed by atoms with Crippen LogP contribution in [-0.2, 0) is 4.79 Å². The van der Waals surface area contributed by atoms with E-state index in [1.165, 1.54) is 0 Å². The van der Waals surface area contributed by atoms with Crippen LogP contribution < -0.4 is 5.32 Å². The first-order chi connectivity index (χ1) is 13.1. The highest BCUT2D eigenvalue weighted by atomic mass is 16.2. The van der Waals surface area contributed by atoms with E-state index in [0.29, 0.717) is 19.0 Å². The van der Waals surface area contributed by atoms with Crippen LogP contribution >= 0.6 is 0 Å². The monoisotopic (exact) mass is 363 g/mol. The summed E-state index contributed by atoms with van der Waals surface area (Å²) in [7, 11) is 0. The number of benzene rings is 2. The van der Waals surface area contributed by atoms with Crippen LogP contribution in [0.2, 0.25) is 0 Å². The molecule has 0 saturated carbocycles. The molecule has 0 unspecified atom stereocenters. The van der Waals surface area contributed by atoms with Gasteiger partial charge in [0.2, 0.25) is 5.91 Å². The lowest BCUT2D eigenvalue weighted by molar-refractivity contribution is -0.129. The third-order valence-corrected chi connectivity index (χ3v) is 5.67. The Balaban J connectivity index is 1.55. The Kier molecular flexibility index (Phi) is 4.84. The molecular formula is C22H25N3O2. The minimum absolute atomic E-state index is 0.0708. The smallest absolute Gasteiger partial charge is 0.322 e. The molecule has 3 amide bonds. The second-order valence-electron chi connectivity index (χ2n) is 7.52. The first kappa shape index (κ1) is 17.6. The van der Waals surface area contributed by atoms with Gasteiger partial charge in [-0.05, 0) is 30.4 Å². The predicted octanol–water partition coefficient (Wildman–Crippen LogP) is 3.83. The highest BCUT2D eigenvalue weighted by Crippen LogP contribution is 2.31. The fraction of sp³-hybridized carbons (Fsp3) is 0.364. The summed E-state index contributed by atoms with van der Waals surface area (Å²) >= 11 is 0. The number of para-hydroxylation sites is 1. The zero-order chi connectivity index (χ0) is 18.8. The number of carbonyl (C=O) groups excluding carboxylic acids is 2. The number of amides is 3. The standard InChI is InChI=1S/C22H25N3O2/c1-16(26)24-13-17-11-12-19(15-24)25(14-17)22(27)23-21-10-6-5-9-20(21)18-7-3-2-4-8-18/h2-10,17,19H,11-15H2,1H3,(H,23,27)/t17-,19+/m1/s1. The summed E-state index contributed by atoms with van der Waals surface area (Å²) in [6.07, 6.45) is 2.04. The Bertz CT molecular complexity index is 836. The molecule has 5 rings (SSSR count). The summed E-state index contributed by atoms with van der Waals surface area (Å²) in [4.78, 5) is 28.8. The van der Waals surface area contributed by atoms with E-state index in [9.17, 15) is 9.59 Å². The zero-order valence-corrected chi connectivity index (χ0v) is 15.6. The number of hydrogen-bond donors (Lipinski definition) is 1. The van der Waals surface area contributed by atoms with Gasteiger partial charge in [0.25, 0.3) is 0 Å². The minimum atomic E-state index is -0.0708. The summed E-state index contributed by atoms with van der Waals surface area (Å²) in [5.74, 6) is 0.464. The summed E-state index contributed by atoms with van der Waals surface area (Å²) in [5.41, 5.74) is 2.91. The van der Waals surface area contributed by atoms with Crippen molar-refractivity contribution in [3.63, 3.8) is 0 Å². The largest absolute Gasteiger partial charge is 0.341 e. The number of piperidine rings is 1. The molecule has 5 nitrogen and oxygen atoms in total. The number of rotatable bonds is 2. The minimum Gasteiger partial charge on any atom is -0.341 e. The second-order valence-corrected chi connectivity index (χ2v) is 7.52. The molecule has 1 N–H and O–H groups in total. The molecule has 2 aromatic rings. The van der Waals surface area contributed by atoms with Crippen molar-refractivity contribution in [3.8, 4) is 11.1 Å². The summed E-state index contributed by atoms with van der Waals surface area (Å²) in [5, 5.41) is 3.12. The van der Waals surface area contributed by atoms with Gasteiger partial charge in [0, 0.05) is 32.1 Å². The molecule has 27 heavy (non-hydrogen) atoms. The van der Waals surface area contributed by atoms with Crippen LogP contribution in [0.3, 0.4) is 0 Å². The van der Waals surface area contributed by atoms with Gasteiger partial charge in [-0.25, -0.2) is 4.79 Å². The molecule has 0 spiro atoms. The van der Waals surface area contributed by atoms with Crippen LogP contribution in [-0.4, -0.2) is 47.4 Å². The molecule has 2 atom stereocenters. The fourth-order valence-corrected chi connectivity index (χ4v) is 4.24. The number of carbonyl (C=O) groups is 2. The van der Waals surface area contributed by atoms with E-state index in [2.05, 4.69) is 5.32 Å².